The lowest BCUT2D eigenvalue weighted by Gasteiger charge is -2.24. The number of aromatic nitrogens is 1. The Kier molecular flexibility index (Phi) is 8.11. The van der Waals surface area contributed by atoms with Crippen LogP contribution in [0.1, 0.15) is 21.6 Å². The summed E-state index contributed by atoms with van der Waals surface area (Å²) in [6.07, 6.45) is -4.53. The third kappa shape index (κ3) is 6.42. The number of carbonyl (C=O) groups excluding carboxylic acids is 1. The summed E-state index contributed by atoms with van der Waals surface area (Å²) in [5.74, 6) is -0.123. The lowest BCUT2D eigenvalue weighted by atomic mass is 9.97. The van der Waals surface area contributed by atoms with Crippen LogP contribution in [0.15, 0.2) is 57.9 Å². The standard InChI is InChI=1S/C24H27F3N2O5SSi/c1-17-13-23(34-28-17)29(16-33-11-12-36(2,3)4)35(31,32)22-8-6-5-7-20(22)19-10-9-18(15-30)14-21(19)24(25,26)27/h5-10,13-15H,11-12,16H2,1-4H3. The highest BCUT2D eigenvalue weighted by Crippen LogP contribution is 2.40. The van der Waals surface area contributed by atoms with Crippen molar-refractivity contribution in [3.8, 4) is 11.1 Å². The minimum atomic E-state index is -4.83. The van der Waals surface area contributed by atoms with Crippen molar-refractivity contribution >= 4 is 30.3 Å². The van der Waals surface area contributed by atoms with Gasteiger partial charge in [0.15, 0.2) is 0 Å². The minimum Gasteiger partial charge on any atom is -0.360 e. The number of benzene rings is 2. The highest BCUT2D eigenvalue weighted by molar-refractivity contribution is 7.93. The van der Waals surface area contributed by atoms with Gasteiger partial charge in [-0.25, -0.2) is 12.7 Å². The normalized spacial score (nSPS) is 12.5. The number of hydrogen-bond acceptors (Lipinski definition) is 6. The van der Waals surface area contributed by atoms with E-state index in [1.54, 1.807) is 6.92 Å². The molecule has 0 aliphatic heterocycles. The van der Waals surface area contributed by atoms with Gasteiger partial charge >= 0.3 is 6.18 Å². The number of ether oxygens (including phenoxy) is 1. The molecule has 0 aliphatic carbocycles. The van der Waals surface area contributed by atoms with Crippen LogP contribution in [0.2, 0.25) is 25.7 Å². The number of anilines is 1. The fraction of sp³-hybridized carbons (Fsp3) is 0.333. The van der Waals surface area contributed by atoms with Gasteiger partial charge in [-0.2, -0.15) is 13.2 Å². The van der Waals surface area contributed by atoms with Crippen LogP contribution in [0.25, 0.3) is 11.1 Å². The SMILES string of the molecule is Cc1cc(N(COCC[Si](C)(C)C)S(=O)(=O)c2ccccc2-c2ccc(C=O)cc2C(F)(F)F)on1. The van der Waals surface area contributed by atoms with Crippen LogP contribution in [-0.2, 0) is 20.9 Å². The number of aryl methyl sites for hydroxylation is 1. The molecule has 0 bridgehead atoms. The summed E-state index contributed by atoms with van der Waals surface area (Å²) in [4.78, 5) is 10.7. The third-order valence-electron chi connectivity index (χ3n) is 5.30. The maximum Gasteiger partial charge on any atom is 0.417 e. The van der Waals surface area contributed by atoms with E-state index in [4.69, 9.17) is 9.26 Å². The molecule has 0 amide bonds. The first-order valence-electron chi connectivity index (χ1n) is 11.0. The van der Waals surface area contributed by atoms with Crippen LogP contribution < -0.4 is 4.31 Å². The Labute approximate surface area is 208 Å². The van der Waals surface area contributed by atoms with Crippen LogP contribution in [0.5, 0.6) is 0 Å². The van der Waals surface area contributed by atoms with E-state index in [-0.39, 0.29) is 27.5 Å². The summed E-state index contributed by atoms with van der Waals surface area (Å²) in [6.45, 7) is 7.95. The molecule has 0 unspecified atom stereocenters. The summed E-state index contributed by atoms with van der Waals surface area (Å²) >= 11 is 0. The van der Waals surface area contributed by atoms with E-state index in [1.165, 1.54) is 36.4 Å². The summed E-state index contributed by atoms with van der Waals surface area (Å²) in [5.41, 5.74) is -1.43. The van der Waals surface area contributed by atoms with Gasteiger partial charge in [-0.1, -0.05) is 55.1 Å². The van der Waals surface area contributed by atoms with Gasteiger partial charge in [0.25, 0.3) is 10.0 Å². The number of halogens is 3. The molecule has 0 radical (unpaired) electrons. The van der Waals surface area contributed by atoms with E-state index >= 15 is 0 Å². The number of rotatable bonds is 10. The maximum atomic E-state index is 13.9. The van der Waals surface area contributed by atoms with Crippen LogP contribution in [-0.4, -0.2) is 41.3 Å². The van der Waals surface area contributed by atoms with E-state index in [0.717, 1.165) is 16.4 Å². The van der Waals surface area contributed by atoms with Gasteiger partial charge in [-0.05, 0) is 30.7 Å². The van der Waals surface area contributed by atoms with Crippen LogP contribution >= 0.6 is 0 Å². The first kappa shape index (κ1) is 27.6. The smallest absolute Gasteiger partial charge is 0.360 e. The van der Waals surface area contributed by atoms with E-state index in [1.807, 2.05) is 0 Å². The van der Waals surface area contributed by atoms with Gasteiger partial charge in [-0.15, -0.1) is 0 Å². The largest absolute Gasteiger partial charge is 0.417 e. The molecule has 1 heterocycles. The first-order chi connectivity index (χ1) is 16.7. The van der Waals surface area contributed by atoms with E-state index < -0.39 is 36.6 Å². The second-order valence-corrected chi connectivity index (χ2v) is 16.9. The zero-order valence-electron chi connectivity index (χ0n) is 20.3. The monoisotopic (exact) mass is 540 g/mol. The van der Waals surface area contributed by atoms with Crippen molar-refractivity contribution in [2.45, 2.75) is 43.7 Å². The zero-order valence-corrected chi connectivity index (χ0v) is 22.1. The van der Waals surface area contributed by atoms with Crippen LogP contribution in [0.3, 0.4) is 0 Å². The van der Waals surface area contributed by atoms with Gasteiger partial charge in [0.2, 0.25) is 5.88 Å². The predicted molar refractivity (Wildman–Crippen MR) is 132 cm³/mol. The number of sulfonamides is 1. The quantitative estimate of drug-likeness (QED) is 0.136. The molecule has 0 atom stereocenters. The lowest BCUT2D eigenvalue weighted by molar-refractivity contribution is -0.137. The first-order valence-corrected chi connectivity index (χ1v) is 16.2. The molecule has 0 saturated carbocycles. The van der Waals surface area contributed by atoms with Gasteiger partial charge < -0.3 is 9.26 Å². The number of carbonyl (C=O) groups is 1. The van der Waals surface area contributed by atoms with E-state index in [9.17, 15) is 26.4 Å². The van der Waals surface area contributed by atoms with Crippen molar-refractivity contribution in [2.75, 3.05) is 17.6 Å². The molecule has 3 rings (SSSR count). The number of nitrogens with zero attached hydrogens (tertiary/aromatic N) is 2. The highest BCUT2D eigenvalue weighted by Gasteiger charge is 2.37. The lowest BCUT2D eigenvalue weighted by Crippen LogP contribution is -2.34. The van der Waals surface area contributed by atoms with Crippen molar-refractivity contribution in [1.82, 2.24) is 5.16 Å². The average Bonchev–Trinajstić information content (AvgIpc) is 3.22. The molecule has 12 heteroatoms. The highest BCUT2D eigenvalue weighted by atomic mass is 32.2. The molecule has 0 saturated heterocycles. The molecule has 7 nitrogen and oxygen atoms in total. The summed E-state index contributed by atoms with van der Waals surface area (Å²) in [6, 6.07) is 10.5. The van der Waals surface area contributed by atoms with Crippen molar-refractivity contribution < 1.29 is 35.6 Å². The fourth-order valence-corrected chi connectivity index (χ4v) is 5.62. The molecular weight excluding hydrogens is 513 g/mol. The molecule has 0 N–H and O–H groups in total. The average molecular weight is 541 g/mol. The van der Waals surface area contributed by atoms with Crippen molar-refractivity contribution in [3.05, 3.63) is 65.4 Å². The molecule has 0 fully saturated rings. The molecule has 0 aliphatic rings. The van der Waals surface area contributed by atoms with E-state index in [0.29, 0.717) is 24.7 Å². The van der Waals surface area contributed by atoms with Gasteiger partial charge in [0, 0.05) is 31.9 Å². The summed E-state index contributed by atoms with van der Waals surface area (Å²) in [5, 5.41) is 3.75. The van der Waals surface area contributed by atoms with Crippen molar-refractivity contribution in [1.29, 1.82) is 0 Å². The maximum absolute atomic E-state index is 13.9. The molecule has 3 aromatic rings. The molecular formula is C24H27F3N2O5SSi. The molecule has 2 aromatic carbocycles. The Balaban J connectivity index is 2.11. The zero-order chi connectivity index (χ0) is 26.7. The second kappa shape index (κ2) is 10.6. The predicted octanol–water partition coefficient (Wildman–Crippen LogP) is 5.99. The topological polar surface area (TPSA) is 89.7 Å². The summed E-state index contributed by atoms with van der Waals surface area (Å²) in [7, 11) is -5.92. The Hall–Kier alpha value is -2.96. The van der Waals surface area contributed by atoms with Crippen molar-refractivity contribution in [2.24, 2.45) is 0 Å². The fourth-order valence-electron chi connectivity index (χ4n) is 3.38. The molecule has 194 valence electrons. The van der Waals surface area contributed by atoms with Crippen molar-refractivity contribution in [3.63, 3.8) is 0 Å². The Morgan fingerprint density at radius 2 is 1.78 bits per heavy atom. The number of aldehydes is 1. The Bertz CT molecular complexity index is 1330. The molecule has 0 spiro atoms. The number of hydrogen-bond donors (Lipinski definition) is 0. The molecule has 36 heavy (non-hydrogen) atoms. The number of alkyl halides is 3. The van der Waals surface area contributed by atoms with Crippen LogP contribution in [0.4, 0.5) is 19.1 Å². The Morgan fingerprint density at radius 1 is 1.08 bits per heavy atom. The van der Waals surface area contributed by atoms with Crippen LogP contribution in [0, 0.1) is 6.92 Å². The van der Waals surface area contributed by atoms with Gasteiger partial charge in [-0.3, -0.25) is 4.79 Å². The summed E-state index contributed by atoms with van der Waals surface area (Å²) < 4.78 is 81.1. The Morgan fingerprint density at radius 3 is 2.36 bits per heavy atom. The van der Waals surface area contributed by atoms with Gasteiger partial charge in [0.1, 0.15) is 13.0 Å². The second-order valence-electron chi connectivity index (χ2n) is 9.42. The van der Waals surface area contributed by atoms with E-state index in [2.05, 4.69) is 24.8 Å². The van der Waals surface area contributed by atoms with Gasteiger partial charge in [0.05, 0.1) is 16.2 Å². The third-order valence-corrected chi connectivity index (χ3v) is 8.78. The molecule has 1 aromatic heterocycles. The minimum absolute atomic E-state index is 0.123.